The number of benzene rings is 8. The molecule has 1 aliphatic rings. The molecule has 0 saturated carbocycles. The molecular formula is C59H62. The number of hydrogen-bond donors (Lipinski definition) is 0. The van der Waals surface area contributed by atoms with Crippen LogP contribution in [0.4, 0.5) is 0 Å². The zero-order chi connectivity index (χ0) is 40.0. The Morgan fingerprint density at radius 3 is 1.02 bits per heavy atom. The Hall–Kier alpha value is -5.20. The molecule has 0 unspecified atom stereocenters. The predicted molar refractivity (Wildman–Crippen MR) is 257 cm³/mol. The minimum Gasteiger partial charge on any atom is -0.0616 e. The van der Waals surface area contributed by atoms with Crippen molar-refractivity contribution in [2.24, 2.45) is 0 Å². The molecule has 0 saturated heterocycles. The second-order valence-electron chi connectivity index (χ2n) is 18.0. The molecule has 1 aliphatic carbocycles. The van der Waals surface area contributed by atoms with Crippen LogP contribution in [0.25, 0.3) is 54.2 Å². The summed E-state index contributed by atoms with van der Waals surface area (Å²) in [5.41, 5.74) is 12.2. The smallest absolute Gasteiger partial charge is 0.0215 e. The van der Waals surface area contributed by atoms with Crippen molar-refractivity contribution in [3.63, 3.8) is 0 Å². The van der Waals surface area contributed by atoms with Gasteiger partial charge in [0.05, 0.1) is 0 Å². The SMILES string of the molecule is Cc1ccc2c(c1)C(CCCCCCCCc1c3ccccc3cc3ccccc13)(CCCCCCCCc1c3ccccc3cc3ccccc13)c1cc(C)ccc1-2. The van der Waals surface area contributed by atoms with Crippen molar-refractivity contribution in [1.82, 2.24) is 0 Å². The highest BCUT2D eigenvalue weighted by Crippen LogP contribution is 2.54. The lowest BCUT2D eigenvalue weighted by atomic mass is 9.70. The van der Waals surface area contributed by atoms with Crippen LogP contribution in [0.1, 0.15) is 123 Å². The minimum atomic E-state index is 0.132. The van der Waals surface area contributed by atoms with Gasteiger partial charge in [0.1, 0.15) is 0 Å². The topological polar surface area (TPSA) is 0 Å². The first-order valence-corrected chi connectivity index (χ1v) is 23.1. The van der Waals surface area contributed by atoms with E-state index in [0.717, 1.165) is 0 Å². The maximum atomic E-state index is 2.55. The molecule has 0 fully saturated rings. The molecule has 0 atom stereocenters. The molecule has 9 rings (SSSR count). The number of aryl methyl sites for hydroxylation is 4. The molecule has 0 bridgehead atoms. The zero-order valence-electron chi connectivity index (χ0n) is 35.7. The monoisotopic (exact) mass is 770 g/mol. The lowest BCUT2D eigenvalue weighted by Gasteiger charge is -2.33. The van der Waals surface area contributed by atoms with Gasteiger partial charge in [-0.05, 0) is 141 Å². The average Bonchev–Trinajstić information content (AvgIpc) is 3.52. The third-order valence-electron chi connectivity index (χ3n) is 14.0. The summed E-state index contributed by atoms with van der Waals surface area (Å²) in [6.45, 7) is 4.59. The highest BCUT2D eigenvalue weighted by Gasteiger charge is 2.42. The van der Waals surface area contributed by atoms with Gasteiger partial charge in [-0.1, -0.05) is 209 Å². The molecule has 0 nitrogen and oxygen atoms in total. The quantitative estimate of drug-likeness (QED) is 0.0602. The highest BCUT2D eigenvalue weighted by atomic mass is 14.4. The van der Waals surface area contributed by atoms with Gasteiger partial charge in [0, 0.05) is 5.41 Å². The molecular weight excluding hydrogens is 709 g/mol. The van der Waals surface area contributed by atoms with Gasteiger partial charge < -0.3 is 0 Å². The maximum absolute atomic E-state index is 2.55. The summed E-state index contributed by atoms with van der Waals surface area (Å²) in [7, 11) is 0. The van der Waals surface area contributed by atoms with Gasteiger partial charge in [0.15, 0.2) is 0 Å². The zero-order valence-corrected chi connectivity index (χ0v) is 35.7. The van der Waals surface area contributed by atoms with E-state index < -0.39 is 0 Å². The first-order chi connectivity index (χ1) is 29.1. The van der Waals surface area contributed by atoms with Crippen molar-refractivity contribution >= 4 is 43.1 Å². The summed E-state index contributed by atoms with van der Waals surface area (Å²) >= 11 is 0. The molecule has 8 aromatic rings. The third kappa shape index (κ3) is 8.21. The number of unbranched alkanes of at least 4 members (excludes halogenated alkanes) is 10. The van der Waals surface area contributed by atoms with E-state index >= 15 is 0 Å². The van der Waals surface area contributed by atoms with Crippen molar-refractivity contribution in [2.75, 3.05) is 0 Å². The van der Waals surface area contributed by atoms with Gasteiger partial charge >= 0.3 is 0 Å². The second-order valence-corrected chi connectivity index (χ2v) is 18.0. The molecule has 0 aromatic heterocycles. The van der Waals surface area contributed by atoms with Crippen LogP contribution in [0.15, 0.2) is 146 Å². The van der Waals surface area contributed by atoms with E-state index in [9.17, 15) is 0 Å². The summed E-state index contributed by atoms with van der Waals surface area (Å²) in [6.07, 6.45) is 20.6. The van der Waals surface area contributed by atoms with Crippen molar-refractivity contribution in [1.29, 1.82) is 0 Å². The molecule has 0 spiro atoms. The molecule has 0 amide bonds. The van der Waals surface area contributed by atoms with Crippen LogP contribution >= 0.6 is 0 Å². The predicted octanol–water partition coefficient (Wildman–Crippen LogP) is 17.1. The summed E-state index contributed by atoms with van der Waals surface area (Å²) in [5, 5.41) is 11.2. The summed E-state index contributed by atoms with van der Waals surface area (Å²) in [4.78, 5) is 0. The van der Waals surface area contributed by atoms with Gasteiger partial charge in [-0.3, -0.25) is 0 Å². The Balaban J connectivity index is 0.804. The summed E-state index contributed by atoms with van der Waals surface area (Å²) in [5.74, 6) is 0. The average molecular weight is 771 g/mol. The lowest BCUT2D eigenvalue weighted by molar-refractivity contribution is 0.397. The molecule has 298 valence electrons. The highest BCUT2D eigenvalue weighted by molar-refractivity contribution is 6.03. The fourth-order valence-electron chi connectivity index (χ4n) is 11.0. The maximum Gasteiger partial charge on any atom is 0.0215 e. The van der Waals surface area contributed by atoms with Gasteiger partial charge in [-0.25, -0.2) is 0 Å². The Labute approximate surface area is 353 Å². The van der Waals surface area contributed by atoms with E-state index in [0.29, 0.717) is 0 Å². The molecule has 59 heavy (non-hydrogen) atoms. The lowest BCUT2D eigenvalue weighted by Crippen LogP contribution is -2.25. The van der Waals surface area contributed by atoms with Gasteiger partial charge in [0.25, 0.3) is 0 Å². The molecule has 0 N–H and O–H groups in total. The van der Waals surface area contributed by atoms with E-state index in [4.69, 9.17) is 0 Å². The normalized spacial score (nSPS) is 13.1. The van der Waals surface area contributed by atoms with Crippen LogP contribution < -0.4 is 0 Å². The first kappa shape index (κ1) is 39.3. The van der Waals surface area contributed by atoms with E-state index in [1.165, 1.54) is 168 Å². The van der Waals surface area contributed by atoms with Crippen molar-refractivity contribution in [2.45, 2.75) is 122 Å². The third-order valence-corrected chi connectivity index (χ3v) is 14.0. The van der Waals surface area contributed by atoms with Gasteiger partial charge in [-0.15, -0.1) is 0 Å². The van der Waals surface area contributed by atoms with Crippen LogP contribution in [0.3, 0.4) is 0 Å². The van der Waals surface area contributed by atoms with Gasteiger partial charge in [-0.2, -0.15) is 0 Å². The van der Waals surface area contributed by atoms with Crippen molar-refractivity contribution in [3.05, 3.63) is 179 Å². The number of fused-ring (bicyclic) bond motifs is 7. The van der Waals surface area contributed by atoms with E-state index in [1.807, 2.05) is 0 Å². The van der Waals surface area contributed by atoms with Crippen LogP contribution in [0, 0.1) is 13.8 Å². The standard InChI is InChI=1S/C59H62/c1-43-33-35-55-56-36-34-44(2)40-58(56)59(57(55)39-43,37-21-9-5-3-7-11-31-53-49-27-17-13-23-45(49)41-46-24-14-18-28-50(46)53)38-22-10-6-4-8-12-32-54-51-29-19-15-25-47(51)42-48-26-16-20-30-52(48)54/h13-20,23-30,33-36,39-42H,3-12,21-22,31-32,37-38H2,1-2H3. The Morgan fingerprint density at radius 1 is 0.322 bits per heavy atom. The molecule has 0 radical (unpaired) electrons. The second kappa shape index (κ2) is 18.0. The van der Waals surface area contributed by atoms with Crippen molar-refractivity contribution < 1.29 is 0 Å². The fraction of sp³-hybridized carbons (Fsp3) is 0.322. The van der Waals surface area contributed by atoms with Crippen LogP contribution in [0.2, 0.25) is 0 Å². The van der Waals surface area contributed by atoms with Crippen LogP contribution in [0.5, 0.6) is 0 Å². The van der Waals surface area contributed by atoms with Crippen LogP contribution in [-0.4, -0.2) is 0 Å². The molecule has 8 aromatic carbocycles. The molecule has 0 heteroatoms. The van der Waals surface area contributed by atoms with E-state index in [1.54, 1.807) is 22.3 Å². The minimum absolute atomic E-state index is 0.132. The van der Waals surface area contributed by atoms with E-state index in [2.05, 4.69) is 159 Å². The van der Waals surface area contributed by atoms with Crippen molar-refractivity contribution in [3.8, 4) is 11.1 Å². The molecule has 0 heterocycles. The fourth-order valence-corrected chi connectivity index (χ4v) is 11.0. The number of hydrogen-bond acceptors (Lipinski definition) is 0. The van der Waals surface area contributed by atoms with Gasteiger partial charge in [0.2, 0.25) is 0 Å². The Bertz CT molecular complexity index is 2410. The van der Waals surface area contributed by atoms with E-state index in [-0.39, 0.29) is 5.41 Å². The molecule has 0 aliphatic heterocycles. The van der Waals surface area contributed by atoms with Crippen LogP contribution in [-0.2, 0) is 18.3 Å². The summed E-state index contributed by atoms with van der Waals surface area (Å²) < 4.78 is 0. The first-order valence-electron chi connectivity index (χ1n) is 23.1. The number of rotatable bonds is 18. The summed E-state index contributed by atoms with van der Waals surface area (Å²) in [6, 6.07) is 55.3. The largest absolute Gasteiger partial charge is 0.0616 e. The Kier molecular flexibility index (Phi) is 12.0. The Morgan fingerprint density at radius 2 is 0.644 bits per heavy atom.